The minimum absolute atomic E-state index is 0.00542. The van der Waals surface area contributed by atoms with Crippen LogP contribution in [0.2, 0.25) is 0 Å². The number of likely N-dealkylation sites (tertiary alicyclic amines) is 1. The molecule has 1 fully saturated rings. The number of likely N-dealkylation sites (N-methyl/N-ethyl adjacent to an activating group) is 1. The van der Waals surface area contributed by atoms with Crippen LogP contribution in [-0.4, -0.2) is 50.3 Å². The molecule has 1 heterocycles. The first-order chi connectivity index (χ1) is 7.55. The molecule has 1 N–H and O–H groups in total. The van der Waals surface area contributed by atoms with Crippen molar-refractivity contribution in [2.45, 2.75) is 51.2 Å². The Labute approximate surface area is 101 Å². The molecule has 0 bridgehead atoms. The fourth-order valence-electron chi connectivity index (χ4n) is 2.16. The van der Waals surface area contributed by atoms with E-state index in [1.54, 1.807) is 7.11 Å². The third kappa shape index (κ3) is 4.81. The molecule has 1 atom stereocenters. The number of hydrogen-bond acceptors (Lipinski definition) is 3. The van der Waals surface area contributed by atoms with Gasteiger partial charge < -0.3 is 15.0 Å². The van der Waals surface area contributed by atoms with Gasteiger partial charge in [0.25, 0.3) is 0 Å². The molecule has 1 saturated heterocycles. The molecule has 0 aliphatic carbocycles. The summed E-state index contributed by atoms with van der Waals surface area (Å²) >= 11 is 0. The van der Waals surface area contributed by atoms with Crippen LogP contribution >= 0.6 is 0 Å². The largest absolute Gasteiger partial charge is 0.379 e. The zero-order valence-electron chi connectivity index (χ0n) is 11.4. The minimum Gasteiger partial charge on any atom is -0.379 e. The smallest absolute Gasteiger partial charge is 0.0634 e. The first-order valence-corrected chi connectivity index (χ1v) is 6.51. The molecule has 96 valence electrons. The Morgan fingerprint density at radius 1 is 1.38 bits per heavy atom. The summed E-state index contributed by atoms with van der Waals surface area (Å²) in [6.07, 6.45) is 5.17. The monoisotopic (exact) mass is 228 g/mol. The second kappa shape index (κ2) is 6.58. The van der Waals surface area contributed by atoms with Crippen LogP contribution in [0.15, 0.2) is 0 Å². The number of nitrogens with zero attached hydrogens (tertiary/aromatic N) is 1. The second-order valence-electron chi connectivity index (χ2n) is 5.55. The zero-order chi connectivity index (χ0) is 12.0. The van der Waals surface area contributed by atoms with Crippen LogP contribution in [0.3, 0.4) is 0 Å². The molecule has 1 unspecified atom stereocenters. The number of hydrogen-bond donors (Lipinski definition) is 1. The fourth-order valence-corrected chi connectivity index (χ4v) is 2.16. The molecule has 0 saturated carbocycles. The molecule has 0 aromatic carbocycles. The van der Waals surface area contributed by atoms with Crippen molar-refractivity contribution >= 4 is 0 Å². The summed E-state index contributed by atoms with van der Waals surface area (Å²) in [5, 5.41) is 3.55. The van der Waals surface area contributed by atoms with E-state index >= 15 is 0 Å². The van der Waals surface area contributed by atoms with E-state index in [0.717, 1.165) is 25.6 Å². The fraction of sp³-hybridized carbons (Fsp3) is 1.00. The van der Waals surface area contributed by atoms with E-state index in [2.05, 4.69) is 31.1 Å². The van der Waals surface area contributed by atoms with Crippen LogP contribution in [0.5, 0.6) is 0 Å². The Bertz CT molecular complexity index is 194. The lowest BCUT2D eigenvalue weighted by atomic mass is 10.0. The number of rotatable bonds is 6. The van der Waals surface area contributed by atoms with Crippen molar-refractivity contribution in [2.75, 3.05) is 33.8 Å². The van der Waals surface area contributed by atoms with Crippen molar-refractivity contribution in [3.63, 3.8) is 0 Å². The van der Waals surface area contributed by atoms with E-state index in [9.17, 15) is 0 Å². The molecular formula is C13H28N2O. The number of ether oxygens (including phenoxy) is 1. The summed E-state index contributed by atoms with van der Waals surface area (Å²) < 4.78 is 5.40. The molecule has 16 heavy (non-hydrogen) atoms. The van der Waals surface area contributed by atoms with Crippen LogP contribution in [0.25, 0.3) is 0 Å². The molecule has 1 aliphatic heterocycles. The molecule has 1 aliphatic rings. The predicted octanol–water partition coefficient (Wildman–Crippen LogP) is 1.88. The van der Waals surface area contributed by atoms with Crippen molar-refractivity contribution in [3.05, 3.63) is 0 Å². The van der Waals surface area contributed by atoms with E-state index in [0.29, 0.717) is 0 Å². The minimum atomic E-state index is 0.00542. The number of nitrogens with one attached hydrogen (secondary N) is 1. The zero-order valence-corrected chi connectivity index (χ0v) is 11.4. The van der Waals surface area contributed by atoms with E-state index in [1.165, 1.54) is 25.8 Å². The van der Waals surface area contributed by atoms with Gasteiger partial charge in [-0.15, -0.1) is 0 Å². The normalized spacial score (nSPS) is 23.6. The predicted molar refractivity (Wildman–Crippen MR) is 68.8 cm³/mol. The topological polar surface area (TPSA) is 24.5 Å². The maximum Gasteiger partial charge on any atom is 0.0634 e. The van der Waals surface area contributed by atoms with Crippen LogP contribution in [0.1, 0.15) is 39.5 Å². The van der Waals surface area contributed by atoms with Gasteiger partial charge in [0, 0.05) is 19.7 Å². The molecule has 0 aromatic rings. The highest BCUT2D eigenvalue weighted by Gasteiger charge is 2.19. The maximum absolute atomic E-state index is 5.40. The highest BCUT2D eigenvalue weighted by atomic mass is 16.5. The van der Waals surface area contributed by atoms with Gasteiger partial charge in [-0.05, 0) is 53.2 Å². The standard InChI is InChI=1S/C13H28N2O/c1-13(2,16-4)8-9-14-11-12-7-5-6-10-15(12)3/h12,14H,5-11H2,1-4H3. The van der Waals surface area contributed by atoms with Gasteiger partial charge in [-0.25, -0.2) is 0 Å². The van der Waals surface area contributed by atoms with Gasteiger partial charge in [0.15, 0.2) is 0 Å². The summed E-state index contributed by atoms with van der Waals surface area (Å²) in [6.45, 7) is 7.71. The van der Waals surface area contributed by atoms with Gasteiger partial charge in [0.1, 0.15) is 0 Å². The van der Waals surface area contributed by atoms with Crippen molar-refractivity contribution in [1.29, 1.82) is 0 Å². The van der Waals surface area contributed by atoms with Gasteiger partial charge in [-0.3, -0.25) is 0 Å². The molecule has 0 radical (unpaired) electrons. The SMILES string of the molecule is COC(C)(C)CCNCC1CCCCN1C. The van der Waals surface area contributed by atoms with Gasteiger partial charge in [-0.1, -0.05) is 6.42 Å². The molecule has 0 amide bonds. The number of methoxy groups -OCH3 is 1. The first-order valence-electron chi connectivity index (χ1n) is 6.51. The Morgan fingerprint density at radius 2 is 2.12 bits per heavy atom. The third-order valence-corrected chi connectivity index (χ3v) is 3.76. The summed E-state index contributed by atoms with van der Waals surface area (Å²) in [7, 11) is 4.03. The Hall–Kier alpha value is -0.120. The Kier molecular flexibility index (Phi) is 5.73. The molecule has 0 aromatic heterocycles. The summed E-state index contributed by atoms with van der Waals surface area (Å²) in [5.41, 5.74) is 0.00542. The maximum atomic E-state index is 5.40. The van der Waals surface area contributed by atoms with Crippen molar-refractivity contribution in [3.8, 4) is 0 Å². The van der Waals surface area contributed by atoms with E-state index in [-0.39, 0.29) is 5.60 Å². The molecule has 3 heteroatoms. The van der Waals surface area contributed by atoms with Crippen LogP contribution in [0, 0.1) is 0 Å². The van der Waals surface area contributed by atoms with E-state index in [4.69, 9.17) is 4.74 Å². The average Bonchev–Trinajstić information content (AvgIpc) is 2.27. The summed E-state index contributed by atoms with van der Waals surface area (Å²) in [6, 6.07) is 0.736. The van der Waals surface area contributed by atoms with Crippen LogP contribution < -0.4 is 5.32 Å². The van der Waals surface area contributed by atoms with Crippen molar-refractivity contribution < 1.29 is 4.74 Å². The average molecular weight is 228 g/mol. The quantitative estimate of drug-likeness (QED) is 0.703. The molecule has 1 rings (SSSR count). The third-order valence-electron chi connectivity index (χ3n) is 3.76. The highest BCUT2D eigenvalue weighted by molar-refractivity contribution is 4.77. The van der Waals surface area contributed by atoms with E-state index < -0.39 is 0 Å². The van der Waals surface area contributed by atoms with Gasteiger partial charge in [-0.2, -0.15) is 0 Å². The summed E-state index contributed by atoms with van der Waals surface area (Å²) in [4.78, 5) is 2.48. The first kappa shape index (κ1) is 13.9. The van der Waals surface area contributed by atoms with Crippen molar-refractivity contribution in [1.82, 2.24) is 10.2 Å². The van der Waals surface area contributed by atoms with E-state index in [1.807, 2.05) is 0 Å². The lowest BCUT2D eigenvalue weighted by Crippen LogP contribution is -2.43. The second-order valence-corrected chi connectivity index (χ2v) is 5.55. The molecule has 3 nitrogen and oxygen atoms in total. The van der Waals surface area contributed by atoms with Gasteiger partial charge in [0.05, 0.1) is 5.60 Å². The molecule has 0 spiro atoms. The van der Waals surface area contributed by atoms with Crippen LogP contribution in [-0.2, 0) is 4.74 Å². The lowest BCUT2D eigenvalue weighted by molar-refractivity contribution is 0.0154. The Balaban J connectivity index is 2.10. The van der Waals surface area contributed by atoms with Gasteiger partial charge >= 0.3 is 0 Å². The van der Waals surface area contributed by atoms with Crippen LogP contribution in [0.4, 0.5) is 0 Å². The van der Waals surface area contributed by atoms with Crippen molar-refractivity contribution in [2.24, 2.45) is 0 Å². The molecular weight excluding hydrogens is 200 g/mol. The highest BCUT2D eigenvalue weighted by Crippen LogP contribution is 2.14. The summed E-state index contributed by atoms with van der Waals surface area (Å²) in [5.74, 6) is 0. The number of piperidine rings is 1. The lowest BCUT2D eigenvalue weighted by Gasteiger charge is -2.33. The Morgan fingerprint density at radius 3 is 2.75 bits per heavy atom. The van der Waals surface area contributed by atoms with Gasteiger partial charge in [0.2, 0.25) is 0 Å².